The van der Waals surface area contributed by atoms with E-state index in [2.05, 4.69) is 10.6 Å². The Morgan fingerprint density at radius 2 is 2.00 bits per heavy atom. The minimum atomic E-state index is -3.94. The number of carbonyl (C=O) groups excluding carboxylic acids is 1. The first-order chi connectivity index (χ1) is 6.85. The van der Waals surface area contributed by atoms with Gasteiger partial charge in [0.15, 0.2) is 0 Å². The van der Waals surface area contributed by atoms with Crippen LogP contribution >= 0.6 is 0 Å². The van der Waals surface area contributed by atoms with Crippen LogP contribution in [0.25, 0.3) is 0 Å². The fourth-order valence-corrected chi connectivity index (χ4v) is 1.56. The van der Waals surface area contributed by atoms with Crippen molar-refractivity contribution < 1.29 is 19.2 Å². The Morgan fingerprint density at radius 3 is 2.47 bits per heavy atom. The van der Waals surface area contributed by atoms with Crippen LogP contribution in [0, 0.1) is 0 Å². The first kappa shape index (κ1) is 14.4. The maximum Gasteiger partial charge on any atom is 0.492 e. The molecule has 0 saturated heterocycles. The number of rotatable bonds is 6. The molecule has 0 aromatic carbocycles. The number of carbonyl (C=O) groups is 1. The molecular weight excluding hydrogens is 216 g/mol. The first-order valence-corrected chi connectivity index (χ1v) is 7.11. The van der Waals surface area contributed by atoms with Crippen molar-refractivity contribution in [3.63, 3.8) is 0 Å². The molecule has 0 fully saturated rings. The quantitative estimate of drug-likeness (QED) is 0.313. The summed E-state index contributed by atoms with van der Waals surface area (Å²) in [6, 6.07) is -0.214. The summed E-state index contributed by atoms with van der Waals surface area (Å²) in [6.45, 7) is 4.18. The summed E-state index contributed by atoms with van der Waals surface area (Å²) >= 11 is 0. The molecule has 90 valence electrons. The predicted molar refractivity (Wildman–Crippen MR) is 58.1 cm³/mol. The van der Waals surface area contributed by atoms with E-state index in [1.54, 1.807) is 0 Å². The van der Waals surface area contributed by atoms with E-state index in [1.165, 1.54) is 0 Å². The lowest BCUT2D eigenvalue weighted by atomic mass is 10.3. The largest absolute Gasteiger partial charge is 0.492 e. The average molecular weight is 236 g/mol. The lowest BCUT2D eigenvalue weighted by Crippen LogP contribution is -2.41. The second kappa shape index (κ2) is 6.78. The summed E-state index contributed by atoms with van der Waals surface area (Å²) in [5.74, 6) is 0. The molecule has 0 aliphatic rings. The molecule has 0 aliphatic heterocycles. The van der Waals surface area contributed by atoms with Crippen LogP contribution in [0.2, 0.25) is 6.04 Å². The van der Waals surface area contributed by atoms with Crippen LogP contribution in [0.5, 0.6) is 0 Å². The molecule has 0 radical (unpaired) electrons. The van der Waals surface area contributed by atoms with E-state index in [1.807, 2.05) is 13.8 Å². The number of hydrogen-bond acceptors (Lipinski definition) is 4. The molecule has 0 aliphatic carbocycles. The standard InChI is InChI=1S/C8H20N2O4Si/c1-3-7(2)10-8(11)9-5-4-6-15(12,13)14/h7,12-14H,3-6H2,1-2H3,(H2,9,10,11). The second-order valence-corrected chi connectivity index (χ2v) is 5.64. The van der Waals surface area contributed by atoms with Gasteiger partial charge in [-0.1, -0.05) is 6.92 Å². The van der Waals surface area contributed by atoms with Crippen LogP contribution in [0.4, 0.5) is 4.79 Å². The second-order valence-electron chi connectivity index (χ2n) is 3.59. The molecule has 0 bridgehead atoms. The van der Waals surface area contributed by atoms with Crippen molar-refractivity contribution >= 4 is 14.8 Å². The van der Waals surface area contributed by atoms with E-state index >= 15 is 0 Å². The third-order valence-electron chi connectivity index (χ3n) is 1.96. The van der Waals surface area contributed by atoms with Crippen molar-refractivity contribution in [2.24, 2.45) is 0 Å². The summed E-state index contributed by atoms with van der Waals surface area (Å²) < 4.78 is 0. The Kier molecular flexibility index (Phi) is 6.49. The van der Waals surface area contributed by atoms with Crippen molar-refractivity contribution in [1.82, 2.24) is 10.6 Å². The Balaban J connectivity index is 3.48. The van der Waals surface area contributed by atoms with E-state index in [-0.39, 0.29) is 18.1 Å². The van der Waals surface area contributed by atoms with Gasteiger partial charge in [0.2, 0.25) is 0 Å². The fourth-order valence-electron chi connectivity index (χ4n) is 0.904. The minimum Gasteiger partial charge on any atom is -0.390 e. The fraction of sp³-hybridized carbons (Fsp3) is 0.875. The molecule has 6 nitrogen and oxygen atoms in total. The van der Waals surface area contributed by atoms with Crippen molar-refractivity contribution in [3.05, 3.63) is 0 Å². The summed E-state index contributed by atoms with van der Waals surface area (Å²) in [5.41, 5.74) is 0. The Labute approximate surface area is 90.7 Å². The zero-order valence-corrected chi connectivity index (χ0v) is 10.2. The normalized spacial score (nSPS) is 13.4. The molecule has 0 aromatic rings. The smallest absolute Gasteiger partial charge is 0.390 e. The molecule has 15 heavy (non-hydrogen) atoms. The van der Waals surface area contributed by atoms with Gasteiger partial charge in [0, 0.05) is 18.6 Å². The van der Waals surface area contributed by atoms with Crippen LogP contribution in [-0.2, 0) is 0 Å². The number of nitrogens with one attached hydrogen (secondary N) is 2. The molecule has 0 saturated carbocycles. The molecule has 0 aromatic heterocycles. The molecule has 0 rings (SSSR count). The van der Waals surface area contributed by atoms with Crippen LogP contribution < -0.4 is 10.6 Å². The van der Waals surface area contributed by atoms with Gasteiger partial charge in [0.25, 0.3) is 0 Å². The van der Waals surface area contributed by atoms with Crippen molar-refractivity contribution in [2.75, 3.05) is 6.54 Å². The lowest BCUT2D eigenvalue weighted by molar-refractivity contribution is 0.224. The van der Waals surface area contributed by atoms with E-state index in [0.29, 0.717) is 13.0 Å². The van der Waals surface area contributed by atoms with Crippen molar-refractivity contribution in [2.45, 2.75) is 38.8 Å². The maximum absolute atomic E-state index is 11.1. The van der Waals surface area contributed by atoms with Gasteiger partial charge >= 0.3 is 14.8 Å². The van der Waals surface area contributed by atoms with E-state index in [9.17, 15) is 4.79 Å². The van der Waals surface area contributed by atoms with Gasteiger partial charge in [-0.25, -0.2) is 4.79 Å². The highest BCUT2D eigenvalue weighted by Crippen LogP contribution is 1.99. The van der Waals surface area contributed by atoms with Crippen molar-refractivity contribution in [1.29, 1.82) is 0 Å². The average Bonchev–Trinajstić information content (AvgIpc) is 2.11. The molecular formula is C8H20N2O4Si. The Morgan fingerprint density at radius 1 is 1.40 bits per heavy atom. The van der Waals surface area contributed by atoms with Gasteiger partial charge in [-0.3, -0.25) is 0 Å². The van der Waals surface area contributed by atoms with Crippen molar-refractivity contribution in [3.8, 4) is 0 Å². The third-order valence-corrected chi connectivity index (χ3v) is 2.99. The number of urea groups is 1. The van der Waals surface area contributed by atoms with Crippen LogP contribution in [0.15, 0.2) is 0 Å². The minimum absolute atomic E-state index is 0.0589. The van der Waals surface area contributed by atoms with Gasteiger partial charge < -0.3 is 25.0 Å². The molecule has 1 unspecified atom stereocenters. The number of amides is 2. The van der Waals surface area contributed by atoms with Gasteiger partial charge in [-0.2, -0.15) is 0 Å². The zero-order chi connectivity index (χ0) is 11.9. The molecule has 1 atom stereocenters. The lowest BCUT2D eigenvalue weighted by Gasteiger charge is -2.13. The van der Waals surface area contributed by atoms with Crippen LogP contribution in [-0.4, -0.2) is 41.8 Å². The summed E-state index contributed by atoms with van der Waals surface area (Å²) in [7, 11) is -3.94. The van der Waals surface area contributed by atoms with Gasteiger partial charge in [-0.15, -0.1) is 0 Å². The van der Waals surface area contributed by atoms with E-state index in [4.69, 9.17) is 14.4 Å². The van der Waals surface area contributed by atoms with Gasteiger partial charge in [0.1, 0.15) is 0 Å². The summed E-state index contributed by atoms with van der Waals surface area (Å²) in [6.07, 6.45) is 1.21. The Bertz CT molecular complexity index is 196. The third kappa shape index (κ3) is 9.67. The predicted octanol–water partition coefficient (Wildman–Crippen LogP) is -0.610. The van der Waals surface area contributed by atoms with Crippen LogP contribution in [0.3, 0.4) is 0 Å². The Hall–Kier alpha value is -0.633. The first-order valence-electron chi connectivity index (χ1n) is 5.06. The summed E-state index contributed by atoms with van der Waals surface area (Å²) in [4.78, 5) is 37.2. The summed E-state index contributed by atoms with van der Waals surface area (Å²) in [5, 5.41) is 5.26. The molecule has 7 heteroatoms. The molecule has 2 amide bonds. The number of hydrogen-bond donors (Lipinski definition) is 5. The van der Waals surface area contributed by atoms with Gasteiger partial charge in [0.05, 0.1) is 0 Å². The highest BCUT2D eigenvalue weighted by Gasteiger charge is 2.25. The topological polar surface area (TPSA) is 102 Å². The van der Waals surface area contributed by atoms with Gasteiger partial charge in [-0.05, 0) is 19.8 Å². The molecule has 0 spiro atoms. The highest BCUT2D eigenvalue weighted by atomic mass is 28.4. The van der Waals surface area contributed by atoms with E-state index < -0.39 is 8.80 Å². The molecule has 5 N–H and O–H groups in total. The zero-order valence-electron chi connectivity index (χ0n) is 9.16. The SMILES string of the molecule is CCC(C)NC(=O)NCCC[Si](O)(O)O. The monoisotopic (exact) mass is 236 g/mol. The van der Waals surface area contributed by atoms with E-state index in [0.717, 1.165) is 6.42 Å². The molecule has 0 heterocycles. The van der Waals surface area contributed by atoms with Crippen LogP contribution in [0.1, 0.15) is 26.7 Å². The highest BCUT2D eigenvalue weighted by molar-refractivity contribution is 6.56. The maximum atomic E-state index is 11.1.